The zero-order valence-corrected chi connectivity index (χ0v) is 9.11. The summed E-state index contributed by atoms with van der Waals surface area (Å²) in [6.07, 6.45) is -0.0568. The van der Waals surface area contributed by atoms with E-state index < -0.39 is 17.9 Å². The van der Waals surface area contributed by atoms with E-state index >= 15 is 0 Å². The van der Waals surface area contributed by atoms with Crippen molar-refractivity contribution in [2.45, 2.75) is 13.0 Å². The third-order valence-electron chi connectivity index (χ3n) is 1.75. The lowest BCUT2D eigenvalue weighted by Crippen LogP contribution is -2.17. The SMILES string of the molecule is CC(ON=Cc1c(F)cccc1Cl)C(=O)O. The summed E-state index contributed by atoms with van der Waals surface area (Å²) in [7, 11) is 0. The molecule has 16 heavy (non-hydrogen) atoms. The van der Waals surface area contributed by atoms with Gasteiger partial charge in [0.05, 0.1) is 16.8 Å². The van der Waals surface area contributed by atoms with Gasteiger partial charge in [-0.2, -0.15) is 0 Å². The normalized spacial score (nSPS) is 12.7. The van der Waals surface area contributed by atoms with E-state index in [1.165, 1.54) is 25.1 Å². The van der Waals surface area contributed by atoms with Crippen LogP contribution in [0.15, 0.2) is 23.4 Å². The van der Waals surface area contributed by atoms with Gasteiger partial charge in [-0.15, -0.1) is 0 Å². The van der Waals surface area contributed by atoms with Gasteiger partial charge in [0, 0.05) is 0 Å². The van der Waals surface area contributed by atoms with Crippen LogP contribution in [0.3, 0.4) is 0 Å². The molecular weight excluding hydrogens is 237 g/mol. The van der Waals surface area contributed by atoms with Crippen molar-refractivity contribution in [1.29, 1.82) is 0 Å². The van der Waals surface area contributed by atoms with Gasteiger partial charge in [-0.3, -0.25) is 0 Å². The second kappa shape index (κ2) is 5.46. The lowest BCUT2D eigenvalue weighted by molar-refractivity contribution is -0.149. The van der Waals surface area contributed by atoms with Crippen LogP contribution in [0.5, 0.6) is 0 Å². The molecule has 86 valence electrons. The molecule has 0 radical (unpaired) electrons. The Morgan fingerprint density at radius 3 is 2.94 bits per heavy atom. The minimum absolute atomic E-state index is 0.0572. The van der Waals surface area contributed by atoms with Crippen LogP contribution in [0.4, 0.5) is 4.39 Å². The van der Waals surface area contributed by atoms with Crippen molar-refractivity contribution in [2.75, 3.05) is 0 Å². The van der Waals surface area contributed by atoms with E-state index in [-0.39, 0.29) is 10.6 Å². The Hall–Kier alpha value is -1.62. The maximum absolute atomic E-state index is 13.2. The zero-order chi connectivity index (χ0) is 12.1. The van der Waals surface area contributed by atoms with Gasteiger partial charge in [-0.1, -0.05) is 22.8 Å². The van der Waals surface area contributed by atoms with Gasteiger partial charge in [0.1, 0.15) is 5.82 Å². The number of hydrogen-bond acceptors (Lipinski definition) is 3. The molecule has 4 nitrogen and oxygen atoms in total. The van der Waals surface area contributed by atoms with Crippen molar-refractivity contribution in [3.05, 3.63) is 34.6 Å². The molecule has 1 aromatic carbocycles. The van der Waals surface area contributed by atoms with Crippen molar-refractivity contribution >= 4 is 23.8 Å². The molecule has 0 fully saturated rings. The number of carboxylic acids is 1. The number of benzene rings is 1. The largest absolute Gasteiger partial charge is 0.478 e. The van der Waals surface area contributed by atoms with Gasteiger partial charge < -0.3 is 9.94 Å². The predicted octanol–water partition coefficient (Wildman–Crippen LogP) is 2.30. The summed E-state index contributed by atoms with van der Waals surface area (Å²) >= 11 is 5.70. The third kappa shape index (κ3) is 3.20. The number of carboxylic acid groups (broad SMARTS) is 1. The van der Waals surface area contributed by atoms with E-state index in [2.05, 4.69) is 9.99 Å². The fourth-order valence-electron chi connectivity index (χ4n) is 0.854. The topological polar surface area (TPSA) is 58.9 Å². The number of nitrogens with zero attached hydrogens (tertiary/aromatic N) is 1. The number of rotatable bonds is 4. The van der Waals surface area contributed by atoms with Crippen LogP contribution in [0, 0.1) is 5.82 Å². The van der Waals surface area contributed by atoms with Gasteiger partial charge in [-0.25, -0.2) is 9.18 Å². The Morgan fingerprint density at radius 2 is 2.38 bits per heavy atom. The van der Waals surface area contributed by atoms with Gasteiger partial charge in [0.25, 0.3) is 0 Å². The lowest BCUT2D eigenvalue weighted by Gasteiger charge is -2.03. The first-order valence-electron chi connectivity index (χ1n) is 4.38. The standard InChI is InChI=1S/C10H9ClFNO3/c1-6(10(14)15)16-13-5-7-8(11)3-2-4-9(7)12/h2-6H,1H3,(H,14,15). The van der Waals surface area contributed by atoms with Gasteiger partial charge in [-0.05, 0) is 19.1 Å². The first-order valence-corrected chi connectivity index (χ1v) is 4.76. The average Bonchev–Trinajstić information content (AvgIpc) is 2.22. The van der Waals surface area contributed by atoms with Crippen molar-refractivity contribution in [2.24, 2.45) is 5.16 Å². The number of oxime groups is 1. The lowest BCUT2D eigenvalue weighted by atomic mass is 10.2. The molecule has 1 aromatic rings. The second-order valence-electron chi connectivity index (χ2n) is 2.96. The first kappa shape index (κ1) is 12.4. The smallest absolute Gasteiger partial charge is 0.347 e. The Bertz CT molecular complexity index is 402. The first-order chi connectivity index (χ1) is 7.52. The predicted molar refractivity (Wildman–Crippen MR) is 57.2 cm³/mol. The highest BCUT2D eigenvalue weighted by Crippen LogP contribution is 2.16. The maximum atomic E-state index is 13.2. The molecular formula is C10H9ClFNO3. The van der Waals surface area contributed by atoms with E-state index in [4.69, 9.17) is 16.7 Å². The molecule has 0 aliphatic carbocycles. The fourth-order valence-corrected chi connectivity index (χ4v) is 1.07. The van der Waals surface area contributed by atoms with Crippen LogP contribution in [0.25, 0.3) is 0 Å². The Morgan fingerprint density at radius 1 is 1.69 bits per heavy atom. The van der Waals surface area contributed by atoms with Gasteiger partial charge in [0.15, 0.2) is 0 Å². The molecule has 0 aromatic heterocycles. The Labute approximate surface area is 96.3 Å². The van der Waals surface area contributed by atoms with Crippen molar-refractivity contribution in [3.63, 3.8) is 0 Å². The summed E-state index contributed by atoms with van der Waals surface area (Å²) in [6, 6.07) is 4.16. The molecule has 0 aliphatic heterocycles. The zero-order valence-electron chi connectivity index (χ0n) is 8.35. The minimum atomic E-state index is -1.16. The Balaban J connectivity index is 2.73. The van der Waals surface area contributed by atoms with E-state index in [9.17, 15) is 9.18 Å². The molecule has 0 amide bonds. The van der Waals surface area contributed by atoms with Gasteiger partial charge in [0.2, 0.25) is 6.10 Å². The fraction of sp³-hybridized carbons (Fsp3) is 0.200. The number of carbonyl (C=O) groups is 1. The number of aliphatic carboxylic acids is 1. The third-order valence-corrected chi connectivity index (χ3v) is 2.08. The van der Waals surface area contributed by atoms with Crippen LogP contribution >= 0.6 is 11.6 Å². The number of hydrogen-bond donors (Lipinski definition) is 1. The maximum Gasteiger partial charge on any atom is 0.347 e. The van der Waals surface area contributed by atoms with Crippen LogP contribution < -0.4 is 0 Å². The van der Waals surface area contributed by atoms with Crippen molar-refractivity contribution in [1.82, 2.24) is 0 Å². The minimum Gasteiger partial charge on any atom is -0.478 e. The summed E-state index contributed by atoms with van der Waals surface area (Å²) in [5, 5.41) is 12.0. The van der Waals surface area contributed by atoms with E-state index in [0.29, 0.717) is 0 Å². The molecule has 0 saturated heterocycles. The molecule has 0 bridgehead atoms. The quantitative estimate of drug-likeness (QED) is 0.654. The summed E-state index contributed by atoms with van der Waals surface area (Å²) in [5.74, 6) is -1.71. The molecule has 1 N–H and O–H groups in total. The molecule has 6 heteroatoms. The highest BCUT2D eigenvalue weighted by atomic mass is 35.5. The molecule has 1 unspecified atom stereocenters. The van der Waals surface area contributed by atoms with E-state index in [1.54, 1.807) is 0 Å². The van der Waals surface area contributed by atoms with E-state index in [1.807, 2.05) is 0 Å². The van der Waals surface area contributed by atoms with Crippen molar-refractivity contribution < 1.29 is 19.1 Å². The highest BCUT2D eigenvalue weighted by molar-refractivity contribution is 6.33. The monoisotopic (exact) mass is 245 g/mol. The number of halogens is 2. The van der Waals surface area contributed by atoms with Crippen LogP contribution in [-0.4, -0.2) is 23.4 Å². The van der Waals surface area contributed by atoms with Crippen LogP contribution in [0.1, 0.15) is 12.5 Å². The molecule has 0 aliphatic rings. The summed E-state index contributed by atoms with van der Waals surface area (Å²) in [5.41, 5.74) is 0.0572. The summed E-state index contributed by atoms with van der Waals surface area (Å²) in [4.78, 5) is 14.9. The molecule has 1 atom stereocenters. The van der Waals surface area contributed by atoms with Gasteiger partial charge >= 0.3 is 5.97 Å². The molecule has 0 spiro atoms. The summed E-state index contributed by atoms with van der Waals surface area (Å²) in [6.45, 7) is 1.31. The Kier molecular flexibility index (Phi) is 4.25. The van der Waals surface area contributed by atoms with Crippen molar-refractivity contribution in [3.8, 4) is 0 Å². The second-order valence-corrected chi connectivity index (χ2v) is 3.36. The van der Waals surface area contributed by atoms with Crippen LogP contribution in [-0.2, 0) is 9.63 Å². The highest BCUT2D eigenvalue weighted by Gasteiger charge is 2.11. The molecule has 0 heterocycles. The van der Waals surface area contributed by atoms with Crippen LogP contribution in [0.2, 0.25) is 5.02 Å². The molecule has 0 saturated carbocycles. The molecule has 1 rings (SSSR count). The average molecular weight is 246 g/mol. The van der Waals surface area contributed by atoms with E-state index in [0.717, 1.165) is 6.21 Å². The summed E-state index contributed by atoms with van der Waals surface area (Å²) < 4.78 is 13.2.